The van der Waals surface area contributed by atoms with Crippen molar-refractivity contribution in [1.29, 1.82) is 0 Å². The standard InChI is InChI=1S/C22H36N2O2/c1-15-6-5-9-22(2)13-20-17(12-19(15)22)18(21(25)26-20)14-24(4)16-7-10-23(3)11-8-16/h16-20H,1,5-14H2,2-4H3/t17-,18-,19-,20+,22-/m0/s1. The normalized spacial score (nSPS) is 41.8. The molecule has 0 radical (unpaired) electrons. The molecular formula is C22H36N2O2. The molecule has 5 atom stereocenters. The highest BCUT2D eigenvalue weighted by Gasteiger charge is 2.55. The molecule has 4 rings (SSSR count). The predicted octanol–water partition coefficient (Wildman–Crippen LogP) is 3.33. The molecule has 2 heterocycles. The van der Waals surface area contributed by atoms with Crippen molar-refractivity contribution in [3.05, 3.63) is 12.2 Å². The van der Waals surface area contributed by atoms with Crippen LogP contribution in [0.3, 0.4) is 0 Å². The summed E-state index contributed by atoms with van der Waals surface area (Å²) in [6, 6.07) is 0.608. The maximum Gasteiger partial charge on any atom is 0.310 e. The second-order valence-electron chi connectivity index (χ2n) is 9.88. The van der Waals surface area contributed by atoms with Crippen LogP contribution in [0, 0.1) is 23.2 Å². The summed E-state index contributed by atoms with van der Waals surface area (Å²) in [5, 5.41) is 0. The molecule has 0 spiro atoms. The first-order valence-electron chi connectivity index (χ1n) is 10.6. The van der Waals surface area contributed by atoms with Crippen LogP contribution in [0.4, 0.5) is 0 Å². The summed E-state index contributed by atoms with van der Waals surface area (Å²) in [6.45, 7) is 10.0. The Hall–Kier alpha value is -0.870. The van der Waals surface area contributed by atoms with Crippen molar-refractivity contribution in [2.75, 3.05) is 33.7 Å². The average Bonchev–Trinajstić information content (AvgIpc) is 2.88. The van der Waals surface area contributed by atoms with Crippen molar-refractivity contribution < 1.29 is 9.53 Å². The molecule has 0 amide bonds. The van der Waals surface area contributed by atoms with Crippen LogP contribution in [0.15, 0.2) is 12.2 Å². The number of fused-ring (bicyclic) bond motifs is 2. The van der Waals surface area contributed by atoms with Crippen molar-refractivity contribution in [2.45, 2.75) is 64.0 Å². The number of rotatable bonds is 3. The van der Waals surface area contributed by atoms with Gasteiger partial charge in [0.05, 0.1) is 5.92 Å². The SMILES string of the molecule is C=C1CCC[C@@]2(C)C[C@H]3OC(=O)[C@@H](CN(C)C4CCN(C)CC4)[C@@H]3C[C@@H]12. The molecule has 2 saturated heterocycles. The number of ether oxygens (including phenoxy) is 1. The van der Waals surface area contributed by atoms with Gasteiger partial charge < -0.3 is 14.5 Å². The lowest BCUT2D eigenvalue weighted by Crippen LogP contribution is -2.47. The largest absolute Gasteiger partial charge is 0.462 e. The second kappa shape index (κ2) is 6.94. The molecule has 2 aliphatic carbocycles. The molecule has 2 saturated carbocycles. The summed E-state index contributed by atoms with van der Waals surface area (Å²) in [5.41, 5.74) is 1.73. The lowest BCUT2D eigenvalue weighted by molar-refractivity contribution is -0.146. The highest BCUT2D eigenvalue weighted by atomic mass is 16.6. The molecule has 4 aliphatic rings. The minimum atomic E-state index is 0.0592. The molecule has 0 aromatic carbocycles. The Balaban J connectivity index is 1.44. The lowest BCUT2D eigenvalue weighted by Gasteiger charge is -2.50. The van der Waals surface area contributed by atoms with Crippen LogP contribution in [0.25, 0.3) is 0 Å². The molecule has 146 valence electrons. The maximum atomic E-state index is 12.7. The fourth-order valence-corrected chi connectivity index (χ4v) is 6.36. The van der Waals surface area contributed by atoms with Gasteiger partial charge in [-0.15, -0.1) is 0 Å². The number of carbonyl (C=O) groups is 1. The van der Waals surface area contributed by atoms with Crippen LogP contribution >= 0.6 is 0 Å². The third kappa shape index (κ3) is 3.24. The fraction of sp³-hybridized carbons (Fsp3) is 0.864. The number of esters is 1. The van der Waals surface area contributed by atoms with Gasteiger partial charge in [-0.25, -0.2) is 0 Å². The van der Waals surface area contributed by atoms with Crippen molar-refractivity contribution in [1.82, 2.24) is 9.80 Å². The van der Waals surface area contributed by atoms with E-state index in [2.05, 4.69) is 37.4 Å². The van der Waals surface area contributed by atoms with Gasteiger partial charge in [0.2, 0.25) is 0 Å². The van der Waals surface area contributed by atoms with Gasteiger partial charge in [0.25, 0.3) is 0 Å². The van der Waals surface area contributed by atoms with E-state index in [9.17, 15) is 4.79 Å². The summed E-state index contributed by atoms with van der Waals surface area (Å²) in [5.74, 6) is 1.10. The third-order valence-electron chi connectivity index (χ3n) is 8.12. The molecule has 4 heteroatoms. The van der Waals surface area contributed by atoms with E-state index in [0.717, 1.165) is 32.5 Å². The zero-order valence-corrected chi connectivity index (χ0v) is 16.9. The lowest BCUT2D eigenvalue weighted by atomic mass is 9.55. The molecule has 0 N–H and O–H groups in total. The number of allylic oxidation sites excluding steroid dienone is 1. The quantitative estimate of drug-likeness (QED) is 0.571. The maximum absolute atomic E-state index is 12.7. The molecule has 0 aromatic rings. The number of likely N-dealkylation sites (tertiary alicyclic amines) is 1. The first-order chi connectivity index (χ1) is 12.4. The van der Waals surface area contributed by atoms with Gasteiger partial charge in [-0.05, 0) is 83.5 Å². The van der Waals surface area contributed by atoms with Gasteiger partial charge in [0.1, 0.15) is 6.10 Å². The highest BCUT2D eigenvalue weighted by Crippen LogP contribution is 2.56. The molecular weight excluding hydrogens is 324 g/mol. The van der Waals surface area contributed by atoms with Gasteiger partial charge in [0, 0.05) is 18.5 Å². The number of nitrogens with zero attached hydrogens (tertiary/aromatic N) is 2. The van der Waals surface area contributed by atoms with E-state index in [0.29, 0.717) is 23.3 Å². The zero-order valence-electron chi connectivity index (χ0n) is 16.9. The molecule has 0 aromatic heterocycles. The van der Waals surface area contributed by atoms with Gasteiger partial charge in [-0.1, -0.05) is 19.1 Å². The molecule has 2 aliphatic heterocycles. The Bertz CT molecular complexity index is 568. The number of hydrogen-bond donors (Lipinski definition) is 0. The van der Waals surface area contributed by atoms with Crippen molar-refractivity contribution in [3.8, 4) is 0 Å². The van der Waals surface area contributed by atoms with E-state index in [-0.39, 0.29) is 18.0 Å². The van der Waals surface area contributed by atoms with E-state index < -0.39 is 0 Å². The van der Waals surface area contributed by atoms with E-state index in [1.54, 1.807) is 0 Å². The molecule has 4 fully saturated rings. The van der Waals surface area contributed by atoms with Gasteiger partial charge in [-0.2, -0.15) is 0 Å². The highest BCUT2D eigenvalue weighted by molar-refractivity contribution is 5.75. The zero-order chi connectivity index (χ0) is 18.5. The summed E-state index contributed by atoms with van der Waals surface area (Å²) in [4.78, 5) is 17.6. The van der Waals surface area contributed by atoms with E-state index in [1.807, 2.05) is 0 Å². The molecule has 0 bridgehead atoms. The Morgan fingerprint density at radius 2 is 2.08 bits per heavy atom. The Labute approximate surface area is 158 Å². The Morgan fingerprint density at radius 1 is 1.35 bits per heavy atom. The molecule has 4 nitrogen and oxygen atoms in total. The third-order valence-corrected chi connectivity index (χ3v) is 8.12. The topological polar surface area (TPSA) is 32.8 Å². The number of piperidine rings is 1. The van der Waals surface area contributed by atoms with Gasteiger partial charge >= 0.3 is 5.97 Å². The first-order valence-corrected chi connectivity index (χ1v) is 10.6. The average molecular weight is 361 g/mol. The second-order valence-corrected chi connectivity index (χ2v) is 9.88. The van der Waals surface area contributed by atoms with Crippen LogP contribution < -0.4 is 0 Å². The summed E-state index contributed by atoms with van der Waals surface area (Å²) in [7, 11) is 4.41. The first kappa shape index (κ1) is 18.5. The predicted molar refractivity (Wildman–Crippen MR) is 104 cm³/mol. The van der Waals surface area contributed by atoms with Crippen LogP contribution in [0.5, 0.6) is 0 Å². The number of carbonyl (C=O) groups excluding carboxylic acids is 1. The smallest absolute Gasteiger partial charge is 0.310 e. The Morgan fingerprint density at radius 3 is 2.81 bits per heavy atom. The summed E-state index contributed by atoms with van der Waals surface area (Å²) in [6.07, 6.45) is 8.40. The van der Waals surface area contributed by atoms with Crippen LogP contribution in [0.2, 0.25) is 0 Å². The van der Waals surface area contributed by atoms with E-state index in [4.69, 9.17) is 4.74 Å². The minimum absolute atomic E-state index is 0.0592. The summed E-state index contributed by atoms with van der Waals surface area (Å²) >= 11 is 0. The molecule has 26 heavy (non-hydrogen) atoms. The van der Waals surface area contributed by atoms with Crippen molar-refractivity contribution in [3.63, 3.8) is 0 Å². The van der Waals surface area contributed by atoms with Crippen LogP contribution in [-0.4, -0.2) is 61.6 Å². The van der Waals surface area contributed by atoms with Gasteiger partial charge in [0.15, 0.2) is 0 Å². The fourth-order valence-electron chi connectivity index (χ4n) is 6.36. The van der Waals surface area contributed by atoms with Crippen LogP contribution in [-0.2, 0) is 9.53 Å². The molecule has 0 unspecified atom stereocenters. The summed E-state index contributed by atoms with van der Waals surface area (Å²) < 4.78 is 5.93. The Kier molecular flexibility index (Phi) is 4.94. The van der Waals surface area contributed by atoms with Crippen molar-refractivity contribution in [2.24, 2.45) is 23.2 Å². The van der Waals surface area contributed by atoms with Crippen LogP contribution in [0.1, 0.15) is 51.9 Å². The van der Waals surface area contributed by atoms with Gasteiger partial charge in [-0.3, -0.25) is 4.79 Å². The number of hydrogen-bond acceptors (Lipinski definition) is 4. The van der Waals surface area contributed by atoms with Crippen molar-refractivity contribution >= 4 is 5.97 Å². The monoisotopic (exact) mass is 360 g/mol. The van der Waals surface area contributed by atoms with E-state index in [1.165, 1.54) is 37.7 Å². The van der Waals surface area contributed by atoms with E-state index >= 15 is 0 Å². The minimum Gasteiger partial charge on any atom is -0.462 e.